The quantitative estimate of drug-likeness (QED) is 0.663. The number of ether oxygens (including phenoxy) is 2. The first kappa shape index (κ1) is 17.4. The third kappa shape index (κ3) is 4.55. The summed E-state index contributed by atoms with van der Waals surface area (Å²) in [6.07, 6.45) is 2.63. The van der Waals surface area contributed by atoms with Crippen molar-refractivity contribution in [2.24, 2.45) is 0 Å². The van der Waals surface area contributed by atoms with Crippen LogP contribution >= 0.6 is 11.3 Å². The molecule has 0 aliphatic carbocycles. The second-order valence-corrected chi connectivity index (χ2v) is 6.45. The van der Waals surface area contributed by atoms with Crippen molar-refractivity contribution < 1.29 is 9.47 Å². The van der Waals surface area contributed by atoms with Crippen molar-refractivity contribution in [3.05, 3.63) is 58.9 Å². The molecule has 0 aliphatic rings. The van der Waals surface area contributed by atoms with E-state index in [-0.39, 0.29) is 6.10 Å². The van der Waals surface area contributed by atoms with Crippen LogP contribution < -0.4 is 14.8 Å². The number of aromatic nitrogens is 2. The molecule has 0 aliphatic heterocycles. The average molecular weight is 355 g/mol. The van der Waals surface area contributed by atoms with E-state index in [2.05, 4.69) is 32.8 Å². The van der Waals surface area contributed by atoms with Crippen molar-refractivity contribution >= 4 is 11.3 Å². The molecule has 2 aromatic heterocycles. The highest BCUT2D eigenvalue weighted by Gasteiger charge is 2.15. The highest BCUT2D eigenvalue weighted by atomic mass is 32.1. The predicted octanol–water partition coefficient (Wildman–Crippen LogP) is 3.94. The first-order chi connectivity index (χ1) is 12.3. The summed E-state index contributed by atoms with van der Waals surface area (Å²) in [6.45, 7) is 0.894. The van der Waals surface area contributed by atoms with E-state index in [1.54, 1.807) is 24.6 Å². The summed E-state index contributed by atoms with van der Waals surface area (Å²) < 4.78 is 11.4. The molecular weight excluding hydrogens is 334 g/mol. The summed E-state index contributed by atoms with van der Waals surface area (Å²) in [5.74, 6) is 0.824. The van der Waals surface area contributed by atoms with Crippen LogP contribution in [0.25, 0.3) is 11.3 Å². The van der Waals surface area contributed by atoms with Gasteiger partial charge >= 0.3 is 6.01 Å². The summed E-state index contributed by atoms with van der Waals surface area (Å²) in [4.78, 5) is 9.66. The van der Waals surface area contributed by atoms with E-state index in [0.29, 0.717) is 6.01 Å². The van der Waals surface area contributed by atoms with Crippen LogP contribution in [0.5, 0.6) is 11.8 Å². The Hall–Kier alpha value is -2.44. The van der Waals surface area contributed by atoms with Gasteiger partial charge in [-0.05, 0) is 43.2 Å². The molecule has 0 spiro atoms. The Morgan fingerprint density at radius 2 is 2.12 bits per heavy atom. The highest BCUT2D eigenvalue weighted by Crippen LogP contribution is 2.30. The van der Waals surface area contributed by atoms with Gasteiger partial charge < -0.3 is 14.8 Å². The molecule has 1 unspecified atom stereocenters. The minimum Gasteiger partial charge on any atom is -0.485 e. The topological polar surface area (TPSA) is 56.3 Å². The molecule has 0 saturated heterocycles. The molecule has 1 aromatic carbocycles. The monoisotopic (exact) mass is 355 g/mol. The number of benzene rings is 1. The standard InChI is InChI=1S/C19H21N3O2S/c1-20-10-9-17(18-7-4-12-25-18)24-15-6-3-5-14(13-15)16-8-11-21-19(22-16)23-2/h3-8,11-13,17,20H,9-10H2,1-2H3. The Bertz CT molecular complexity index is 793. The van der Waals surface area contributed by atoms with E-state index in [4.69, 9.17) is 9.47 Å². The fourth-order valence-electron chi connectivity index (χ4n) is 2.50. The fraction of sp³-hybridized carbons (Fsp3) is 0.263. The first-order valence-corrected chi connectivity index (χ1v) is 9.00. The van der Waals surface area contributed by atoms with Crippen molar-refractivity contribution in [1.82, 2.24) is 15.3 Å². The molecule has 3 rings (SSSR count). The van der Waals surface area contributed by atoms with Gasteiger partial charge in [-0.15, -0.1) is 11.3 Å². The van der Waals surface area contributed by atoms with Crippen LogP contribution in [-0.4, -0.2) is 30.7 Å². The third-order valence-corrected chi connectivity index (χ3v) is 4.71. The second-order valence-electron chi connectivity index (χ2n) is 5.47. The molecule has 6 heteroatoms. The van der Waals surface area contributed by atoms with Crippen LogP contribution in [0, 0.1) is 0 Å². The fourth-order valence-corrected chi connectivity index (χ4v) is 3.29. The van der Waals surface area contributed by atoms with Gasteiger partial charge in [0.1, 0.15) is 11.9 Å². The van der Waals surface area contributed by atoms with E-state index >= 15 is 0 Å². The molecule has 0 amide bonds. The van der Waals surface area contributed by atoms with Gasteiger partial charge in [0.2, 0.25) is 0 Å². The maximum absolute atomic E-state index is 6.28. The summed E-state index contributed by atoms with van der Waals surface area (Å²) in [5.41, 5.74) is 1.77. The van der Waals surface area contributed by atoms with Gasteiger partial charge in [-0.25, -0.2) is 4.98 Å². The first-order valence-electron chi connectivity index (χ1n) is 8.12. The largest absolute Gasteiger partial charge is 0.485 e. The summed E-state index contributed by atoms with van der Waals surface area (Å²) in [5, 5.41) is 5.27. The van der Waals surface area contributed by atoms with Crippen molar-refractivity contribution in [2.45, 2.75) is 12.5 Å². The molecule has 0 bridgehead atoms. The van der Waals surface area contributed by atoms with E-state index in [0.717, 1.165) is 30.0 Å². The third-order valence-electron chi connectivity index (χ3n) is 3.74. The van der Waals surface area contributed by atoms with Gasteiger partial charge in [0, 0.05) is 23.1 Å². The summed E-state index contributed by atoms with van der Waals surface area (Å²) in [6, 6.07) is 14.3. The van der Waals surface area contributed by atoms with Crippen molar-refractivity contribution in [1.29, 1.82) is 0 Å². The number of nitrogens with zero attached hydrogens (tertiary/aromatic N) is 2. The minimum absolute atomic E-state index is 0.0302. The molecule has 1 N–H and O–H groups in total. The minimum atomic E-state index is 0.0302. The number of nitrogens with one attached hydrogen (secondary N) is 1. The van der Waals surface area contributed by atoms with E-state index in [1.165, 1.54) is 4.88 Å². The maximum Gasteiger partial charge on any atom is 0.316 e. The molecule has 0 radical (unpaired) electrons. The van der Waals surface area contributed by atoms with Crippen molar-refractivity contribution in [3.8, 4) is 23.0 Å². The lowest BCUT2D eigenvalue weighted by atomic mass is 10.1. The SMILES string of the molecule is CNCCC(Oc1cccc(-c2ccnc(OC)n2)c1)c1cccs1. The molecule has 25 heavy (non-hydrogen) atoms. The summed E-state index contributed by atoms with van der Waals surface area (Å²) >= 11 is 1.72. The van der Waals surface area contributed by atoms with Crippen LogP contribution in [-0.2, 0) is 0 Å². The molecule has 0 saturated carbocycles. The average Bonchev–Trinajstić information content (AvgIpc) is 3.20. The van der Waals surface area contributed by atoms with Crippen molar-refractivity contribution in [3.63, 3.8) is 0 Å². The summed E-state index contributed by atoms with van der Waals surface area (Å²) in [7, 11) is 3.51. The molecule has 0 fully saturated rings. The number of methoxy groups -OCH3 is 1. The number of hydrogen-bond acceptors (Lipinski definition) is 6. The molecular formula is C19H21N3O2S. The molecule has 130 valence electrons. The smallest absolute Gasteiger partial charge is 0.316 e. The zero-order chi connectivity index (χ0) is 17.5. The molecule has 2 heterocycles. The maximum atomic E-state index is 6.28. The lowest BCUT2D eigenvalue weighted by Gasteiger charge is -2.18. The van der Waals surface area contributed by atoms with Crippen LogP contribution in [0.15, 0.2) is 54.0 Å². The van der Waals surface area contributed by atoms with Gasteiger partial charge in [-0.1, -0.05) is 18.2 Å². The Kier molecular flexibility index (Phi) is 5.98. The Balaban J connectivity index is 1.82. The zero-order valence-corrected chi connectivity index (χ0v) is 15.1. The highest BCUT2D eigenvalue weighted by molar-refractivity contribution is 7.10. The van der Waals surface area contributed by atoms with Crippen LogP contribution in [0.4, 0.5) is 0 Å². The van der Waals surface area contributed by atoms with Gasteiger partial charge in [0.05, 0.1) is 12.8 Å². The van der Waals surface area contributed by atoms with E-state index < -0.39 is 0 Å². The number of hydrogen-bond donors (Lipinski definition) is 1. The Morgan fingerprint density at radius 3 is 2.88 bits per heavy atom. The van der Waals surface area contributed by atoms with Gasteiger partial charge in [-0.2, -0.15) is 4.98 Å². The Morgan fingerprint density at radius 1 is 1.20 bits per heavy atom. The van der Waals surface area contributed by atoms with Gasteiger partial charge in [0.25, 0.3) is 0 Å². The van der Waals surface area contributed by atoms with Gasteiger partial charge in [0.15, 0.2) is 0 Å². The molecule has 3 aromatic rings. The van der Waals surface area contributed by atoms with E-state index in [1.807, 2.05) is 37.4 Å². The zero-order valence-electron chi connectivity index (χ0n) is 14.3. The predicted molar refractivity (Wildman–Crippen MR) is 100 cm³/mol. The number of thiophene rings is 1. The lowest BCUT2D eigenvalue weighted by Crippen LogP contribution is -2.15. The van der Waals surface area contributed by atoms with Crippen LogP contribution in [0.1, 0.15) is 17.4 Å². The molecule has 5 nitrogen and oxygen atoms in total. The second kappa shape index (κ2) is 8.60. The van der Waals surface area contributed by atoms with Crippen molar-refractivity contribution in [2.75, 3.05) is 20.7 Å². The van der Waals surface area contributed by atoms with Gasteiger partial charge in [-0.3, -0.25) is 0 Å². The van der Waals surface area contributed by atoms with Crippen LogP contribution in [0.2, 0.25) is 0 Å². The number of rotatable bonds is 8. The normalized spacial score (nSPS) is 11.9. The van der Waals surface area contributed by atoms with E-state index in [9.17, 15) is 0 Å². The molecule has 1 atom stereocenters. The van der Waals surface area contributed by atoms with Crippen LogP contribution in [0.3, 0.4) is 0 Å². The Labute approximate surface area is 151 Å². The lowest BCUT2D eigenvalue weighted by molar-refractivity contribution is 0.199.